The molecule has 0 aromatic heterocycles. The molecule has 5 heteroatoms. The summed E-state index contributed by atoms with van der Waals surface area (Å²) >= 11 is 0. The average Bonchev–Trinajstić information content (AvgIpc) is 2.60. The topological polar surface area (TPSA) is 64.4 Å². The van der Waals surface area contributed by atoms with Gasteiger partial charge in [0, 0.05) is 19.6 Å². The lowest BCUT2D eigenvalue weighted by Crippen LogP contribution is -2.40. The van der Waals surface area contributed by atoms with Crippen LogP contribution in [0.25, 0.3) is 0 Å². The lowest BCUT2D eigenvalue weighted by Gasteiger charge is -2.23. The SMILES string of the molecule is CC1(CNC(=O)CCCN)CCCO1.Cl. The second-order valence-electron chi connectivity index (χ2n) is 4.07. The van der Waals surface area contributed by atoms with E-state index in [1.807, 2.05) is 6.92 Å². The van der Waals surface area contributed by atoms with Crippen molar-refractivity contribution in [1.29, 1.82) is 0 Å². The Balaban J connectivity index is 0.00000196. The van der Waals surface area contributed by atoms with Gasteiger partial charge < -0.3 is 15.8 Å². The number of halogens is 1. The Morgan fingerprint density at radius 3 is 2.87 bits per heavy atom. The molecule has 0 spiro atoms. The predicted octanol–water partition coefficient (Wildman–Crippen LogP) is 0.832. The number of hydrogen-bond donors (Lipinski definition) is 2. The van der Waals surface area contributed by atoms with Crippen LogP contribution >= 0.6 is 12.4 Å². The first-order valence-corrected chi connectivity index (χ1v) is 5.27. The number of nitrogens with two attached hydrogens (primary N) is 1. The van der Waals surface area contributed by atoms with Gasteiger partial charge in [0.2, 0.25) is 5.91 Å². The van der Waals surface area contributed by atoms with E-state index >= 15 is 0 Å². The molecule has 4 nitrogen and oxygen atoms in total. The highest BCUT2D eigenvalue weighted by Gasteiger charge is 2.29. The van der Waals surface area contributed by atoms with E-state index in [9.17, 15) is 4.79 Å². The van der Waals surface area contributed by atoms with Gasteiger partial charge in [-0.15, -0.1) is 12.4 Å². The van der Waals surface area contributed by atoms with Crippen molar-refractivity contribution in [2.75, 3.05) is 19.7 Å². The lowest BCUT2D eigenvalue weighted by atomic mass is 10.0. The molecule has 1 aliphatic heterocycles. The fourth-order valence-corrected chi connectivity index (χ4v) is 1.61. The molecule has 1 unspecified atom stereocenters. The molecule has 1 heterocycles. The van der Waals surface area contributed by atoms with Gasteiger partial charge in [0.05, 0.1) is 5.60 Å². The van der Waals surface area contributed by atoms with E-state index in [2.05, 4.69) is 5.32 Å². The number of carbonyl (C=O) groups excluding carboxylic acids is 1. The second-order valence-corrected chi connectivity index (χ2v) is 4.07. The number of rotatable bonds is 5. The minimum absolute atomic E-state index is 0. The van der Waals surface area contributed by atoms with Gasteiger partial charge in [-0.05, 0) is 32.7 Å². The molecule has 1 atom stereocenters. The molecule has 1 saturated heterocycles. The zero-order valence-electron chi connectivity index (χ0n) is 9.25. The smallest absolute Gasteiger partial charge is 0.220 e. The van der Waals surface area contributed by atoms with Crippen molar-refractivity contribution >= 4 is 18.3 Å². The first kappa shape index (κ1) is 14.7. The van der Waals surface area contributed by atoms with Crippen molar-refractivity contribution in [1.82, 2.24) is 5.32 Å². The van der Waals surface area contributed by atoms with Gasteiger partial charge in [0.25, 0.3) is 0 Å². The van der Waals surface area contributed by atoms with E-state index in [0.29, 0.717) is 19.5 Å². The van der Waals surface area contributed by atoms with Crippen LogP contribution < -0.4 is 11.1 Å². The summed E-state index contributed by atoms with van der Waals surface area (Å²) in [4.78, 5) is 11.3. The minimum atomic E-state index is -0.141. The summed E-state index contributed by atoms with van der Waals surface area (Å²) < 4.78 is 5.56. The maximum Gasteiger partial charge on any atom is 0.220 e. The highest BCUT2D eigenvalue weighted by Crippen LogP contribution is 2.23. The van der Waals surface area contributed by atoms with Crippen molar-refractivity contribution in [2.45, 2.75) is 38.2 Å². The van der Waals surface area contributed by atoms with Crippen LogP contribution in [0.5, 0.6) is 0 Å². The zero-order chi connectivity index (χ0) is 10.4. The van der Waals surface area contributed by atoms with Gasteiger partial charge in [-0.25, -0.2) is 0 Å². The summed E-state index contributed by atoms with van der Waals surface area (Å²) in [7, 11) is 0. The molecule has 0 aliphatic carbocycles. The van der Waals surface area contributed by atoms with Crippen LogP contribution in [-0.2, 0) is 9.53 Å². The molecule has 0 aromatic rings. The van der Waals surface area contributed by atoms with Crippen molar-refractivity contribution in [3.63, 3.8) is 0 Å². The summed E-state index contributed by atoms with van der Waals surface area (Å²) in [5.41, 5.74) is 5.18. The summed E-state index contributed by atoms with van der Waals surface area (Å²) in [6.07, 6.45) is 3.40. The fraction of sp³-hybridized carbons (Fsp3) is 0.900. The van der Waals surface area contributed by atoms with E-state index < -0.39 is 0 Å². The van der Waals surface area contributed by atoms with Crippen LogP contribution in [0.3, 0.4) is 0 Å². The molecule has 3 N–H and O–H groups in total. The average molecular weight is 237 g/mol. The monoisotopic (exact) mass is 236 g/mol. The Morgan fingerprint density at radius 2 is 2.33 bits per heavy atom. The molecule has 1 aliphatic rings. The van der Waals surface area contributed by atoms with Gasteiger partial charge in [-0.2, -0.15) is 0 Å². The summed E-state index contributed by atoms with van der Waals surface area (Å²) in [6, 6.07) is 0. The predicted molar refractivity (Wildman–Crippen MR) is 62.1 cm³/mol. The van der Waals surface area contributed by atoms with Crippen LogP contribution in [0.4, 0.5) is 0 Å². The first-order valence-electron chi connectivity index (χ1n) is 5.27. The maximum atomic E-state index is 11.3. The normalized spacial score (nSPS) is 24.7. The van der Waals surface area contributed by atoms with Crippen LogP contribution in [-0.4, -0.2) is 31.2 Å². The van der Waals surface area contributed by atoms with Crippen LogP contribution in [0, 0.1) is 0 Å². The Hall–Kier alpha value is -0.320. The Kier molecular flexibility index (Phi) is 6.89. The quantitative estimate of drug-likeness (QED) is 0.743. The zero-order valence-corrected chi connectivity index (χ0v) is 10.1. The lowest BCUT2D eigenvalue weighted by molar-refractivity contribution is -0.122. The number of carbonyl (C=O) groups is 1. The molecule has 0 aromatic carbocycles. The van der Waals surface area contributed by atoms with Crippen molar-refractivity contribution < 1.29 is 9.53 Å². The van der Waals surface area contributed by atoms with Gasteiger partial charge in [0.15, 0.2) is 0 Å². The third-order valence-electron chi connectivity index (χ3n) is 2.57. The Labute approximate surface area is 97.3 Å². The van der Waals surface area contributed by atoms with Crippen molar-refractivity contribution in [3.05, 3.63) is 0 Å². The first-order chi connectivity index (χ1) is 6.66. The standard InChI is InChI=1S/C10H20N2O2.ClH/c1-10(5-3-7-14-10)8-12-9(13)4-2-6-11;/h2-8,11H2,1H3,(H,12,13);1H. The largest absolute Gasteiger partial charge is 0.373 e. The summed E-state index contributed by atoms with van der Waals surface area (Å²) in [5.74, 6) is 0.0761. The number of nitrogens with one attached hydrogen (secondary N) is 1. The number of ether oxygens (including phenoxy) is 1. The van der Waals surface area contributed by atoms with Gasteiger partial charge >= 0.3 is 0 Å². The van der Waals surface area contributed by atoms with E-state index in [1.165, 1.54) is 0 Å². The van der Waals surface area contributed by atoms with E-state index in [1.54, 1.807) is 0 Å². The third-order valence-corrected chi connectivity index (χ3v) is 2.57. The van der Waals surface area contributed by atoms with Gasteiger partial charge in [-0.3, -0.25) is 4.79 Å². The number of amides is 1. The molecule has 1 rings (SSSR count). The molecular formula is C10H21ClN2O2. The van der Waals surface area contributed by atoms with Crippen molar-refractivity contribution in [2.24, 2.45) is 5.73 Å². The summed E-state index contributed by atoms with van der Waals surface area (Å²) in [5, 5.41) is 2.88. The van der Waals surface area contributed by atoms with Gasteiger partial charge in [-0.1, -0.05) is 0 Å². The molecular weight excluding hydrogens is 216 g/mol. The van der Waals surface area contributed by atoms with Crippen LogP contribution in [0.1, 0.15) is 32.6 Å². The Bertz CT molecular complexity index is 194. The molecule has 0 saturated carbocycles. The highest BCUT2D eigenvalue weighted by molar-refractivity contribution is 5.85. The molecule has 90 valence electrons. The molecule has 0 radical (unpaired) electrons. The number of hydrogen-bond acceptors (Lipinski definition) is 3. The molecule has 0 bridgehead atoms. The van der Waals surface area contributed by atoms with E-state index in [0.717, 1.165) is 25.9 Å². The van der Waals surface area contributed by atoms with Crippen LogP contribution in [0.15, 0.2) is 0 Å². The third kappa shape index (κ3) is 5.35. The van der Waals surface area contributed by atoms with E-state index in [4.69, 9.17) is 10.5 Å². The fourth-order valence-electron chi connectivity index (χ4n) is 1.61. The van der Waals surface area contributed by atoms with Crippen molar-refractivity contribution in [3.8, 4) is 0 Å². The highest BCUT2D eigenvalue weighted by atomic mass is 35.5. The maximum absolute atomic E-state index is 11.3. The van der Waals surface area contributed by atoms with Gasteiger partial charge in [0.1, 0.15) is 0 Å². The van der Waals surface area contributed by atoms with Crippen LogP contribution in [0.2, 0.25) is 0 Å². The van der Waals surface area contributed by atoms with E-state index in [-0.39, 0.29) is 23.9 Å². The summed E-state index contributed by atoms with van der Waals surface area (Å²) in [6.45, 7) is 4.05. The second kappa shape index (κ2) is 7.04. The minimum Gasteiger partial charge on any atom is -0.373 e. The molecule has 1 fully saturated rings. The molecule has 1 amide bonds. The molecule has 15 heavy (non-hydrogen) atoms. The Morgan fingerprint density at radius 1 is 1.60 bits per heavy atom.